The number of imide groups is 1. The van der Waals surface area contributed by atoms with Gasteiger partial charge in [0.1, 0.15) is 17.9 Å². The fourth-order valence-corrected chi connectivity index (χ4v) is 2.58. The third-order valence-corrected chi connectivity index (χ3v) is 3.96. The Hall–Kier alpha value is -2.83. The highest BCUT2D eigenvalue weighted by Crippen LogP contribution is 2.30. The topological polar surface area (TPSA) is 95.9 Å². The zero-order valence-electron chi connectivity index (χ0n) is 14.4. The van der Waals surface area contributed by atoms with Gasteiger partial charge < -0.3 is 15.2 Å². The van der Waals surface area contributed by atoms with E-state index < -0.39 is 23.4 Å². The summed E-state index contributed by atoms with van der Waals surface area (Å²) in [4.78, 5) is 36.4. The van der Waals surface area contributed by atoms with Crippen molar-refractivity contribution in [3.05, 3.63) is 42.0 Å². The number of benzene rings is 1. The molecule has 0 aromatic heterocycles. The van der Waals surface area contributed by atoms with Crippen LogP contribution in [0.5, 0.6) is 5.75 Å². The predicted octanol–water partition coefficient (Wildman–Crippen LogP) is 2.27. The van der Waals surface area contributed by atoms with Gasteiger partial charge >= 0.3 is 12.0 Å². The maximum Gasteiger partial charge on any atom is 0.325 e. The zero-order valence-corrected chi connectivity index (χ0v) is 14.4. The summed E-state index contributed by atoms with van der Waals surface area (Å²) in [5.41, 5.74) is 0.355. The van der Waals surface area contributed by atoms with Crippen LogP contribution in [0.1, 0.15) is 32.3 Å². The lowest BCUT2D eigenvalue weighted by molar-refractivity contribution is -0.138. The Morgan fingerprint density at radius 2 is 1.96 bits per heavy atom. The molecule has 0 bridgehead atoms. The molecule has 0 saturated carbocycles. The number of carboxylic acid groups (broad SMARTS) is 1. The number of amides is 3. The molecule has 0 radical (unpaired) electrons. The van der Waals surface area contributed by atoms with Gasteiger partial charge in [-0.05, 0) is 43.5 Å². The minimum absolute atomic E-state index is 0.0758. The van der Waals surface area contributed by atoms with E-state index in [0.29, 0.717) is 17.9 Å². The van der Waals surface area contributed by atoms with Crippen molar-refractivity contribution in [2.45, 2.75) is 32.2 Å². The van der Waals surface area contributed by atoms with Gasteiger partial charge in [0.2, 0.25) is 0 Å². The highest BCUT2D eigenvalue weighted by Gasteiger charge is 2.48. The standard InChI is InChI=1S/C18H22N2O5/c1-12(2)11-25-14-8-6-13(7-9-14)18(3)16(23)20(17(24)19-18)10-4-5-15(21)22/h6-9H,1,4-5,10-11H2,2-3H3,(H,19,24)(H,21,22). The van der Waals surface area contributed by atoms with Gasteiger partial charge in [0.05, 0.1) is 0 Å². The second kappa shape index (κ2) is 7.38. The number of carboxylic acids is 1. The second-order valence-corrected chi connectivity index (χ2v) is 6.28. The molecule has 0 aliphatic carbocycles. The number of urea groups is 1. The van der Waals surface area contributed by atoms with Crippen LogP contribution in [0, 0.1) is 0 Å². The number of rotatable bonds is 8. The van der Waals surface area contributed by atoms with Gasteiger partial charge in [-0.15, -0.1) is 0 Å². The maximum atomic E-state index is 12.7. The Kier molecular flexibility index (Phi) is 5.46. The monoisotopic (exact) mass is 346 g/mol. The predicted molar refractivity (Wildman–Crippen MR) is 91.2 cm³/mol. The number of ether oxygens (including phenoxy) is 1. The molecule has 7 nitrogen and oxygen atoms in total. The van der Waals surface area contributed by atoms with E-state index in [2.05, 4.69) is 11.9 Å². The van der Waals surface area contributed by atoms with Crippen molar-refractivity contribution in [2.24, 2.45) is 0 Å². The summed E-state index contributed by atoms with van der Waals surface area (Å²) in [6.07, 6.45) is 0.126. The van der Waals surface area contributed by atoms with Gasteiger partial charge in [-0.3, -0.25) is 14.5 Å². The van der Waals surface area contributed by atoms with Gasteiger partial charge in [0.15, 0.2) is 0 Å². The van der Waals surface area contributed by atoms with Crippen molar-refractivity contribution >= 4 is 17.9 Å². The van der Waals surface area contributed by atoms with Crippen molar-refractivity contribution in [3.63, 3.8) is 0 Å². The number of carbonyl (C=O) groups is 3. The van der Waals surface area contributed by atoms with E-state index in [-0.39, 0.29) is 19.4 Å². The molecule has 1 aliphatic rings. The van der Waals surface area contributed by atoms with E-state index >= 15 is 0 Å². The van der Waals surface area contributed by atoms with Crippen molar-refractivity contribution in [1.82, 2.24) is 10.2 Å². The molecule has 7 heteroatoms. The van der Waals surface area contributed by atoms with Crippen LogP contribution in [-0.4, -0.2) is 41.1 Å². The number of nitrogens with one attached hydrogen (secondary N) is 1. The lowest BCUT2D eigenvalue weighted by atomic mass is 9.92. The molecule has 1 fully saturated rings. The largest absolute Gasteiger partial charge is 0.489 e. The van der Waals surface area contributed by atoms with E-state index in [1.165, 1.54) is 0 Å². The Balaban J connectivity index is 2.09. The highest BCUT2D eigenvalue weighted by atomic mass is 16.5. The van der Waals surface area contributed by atoms with Crippen LogP contribution in [0.3, 0.4) is 0 Å². The molecule has 2 rings (SSSR count). The molecule has 1 unspecified atom stereocenters. The maximum absolute atomic E-state index is 12.7. The van der Waals surface area contributed by atoms with Crippen LogP contribution in [0.25, 0.3) is 0 Å². The van der Waals surface area contributed by atoms with E-state index in [1.807, 2.05) is 6.92 Å². The number of hydrogen-bond acceptors (Lipinski definition) is 4. The zero-order chi connectivity index (χ0) is 18.6. The average molecular weight is 346 g/mol. The molecule has 1 aromatic carbocycles. The molecule has 3 amide bonds. The molecule has 1 saturated heterocycles. The molecule has 1 aliphatic heterocycles. The first-order chi connectivity index (χ1) is 11.7. The minimum atomic E-state index is -1.17. The first kappa shape index (κ1) is 18.5. The smallest absolute Gasteiger partial charge is 0.325 e. The van der Waals surface area contributed by atoms with Crippen LogP contribution in [0.2, 0.25) is 0 Å². The minimum Gasteiger partial charge on any atom is -0.489 e. The van der Waals surface area contributed by atoms with Crippen molar-refractivity contribution in [1.29, 1.82) is 0 Å². The number of nitrogens with zero attached hydrogens (tertiary/aromatic N) is 1. The molecule has 134 valence electrons. The summed E-state index contributed by atoms with van der Waals surface area (Å²) in [6, 6.07) is 6.41. The van der Waals surface area contributed by atoms with Crippen LogP contribution >= 0.6 is 0 Å². The molecule has 1 heterocycles. The summed E-state index contributed by atoms with van der Waals surface area (Å²) in [7, 11) is 0. The quantitative estimate of drug-likeness (QED) is 0.556. The number of aliphatic carboxylic acids is 1. The SMILES string of the molecule is C=C(C)COc1ccc(C2(C)NC(=O)N(CCCC(=O)O)C2=O)cc1. The van der Waals surface area contributed by atoms with Gasteiger partial charge in [-0.1, -0.05) is 18.7 Å². The normalized spacial score (nSPS) is 19.7. The molecule has 1 aromatic rings. The van der Waals surface area contributed by atoms with Crippen LogP contribution in [0.4, 0.5) is 4.79 Å². The summed E-state index contributed by atoms with van der Waals surface area (Å²) < 4.78 is 5.52. The van der Waals surface area contributed by atoms with Crippen LogP contribution in [0.15, 0.2) is 36.4 Å². The third kappa shape index (κ3) is 4.17. The average Bonchev–Trinajstić information content (AvgIpc) is 2.77. The van der Waals surface area contributed by atoms with Crippen molar-refractivity contribution in [2.75, 3.05) is 13.2 Å². The van der Waals surface area contributed by atoms with Crippen molar-refractivity contribution in [3.8, 4) is 5.75 Å². The molecular weight excluding hydrogens is 324 g/mol. The Morgan fingerprint density at radius 1 is 1.32 bits per heavy atom. The van der Waals surface area contributed by atoms with Gasteiger partial charge in [-0.25, -0.2) is 4.79 Å². The Labute approximate surface area is 146 Å². The first-order valence-electron chi connectivity index (χ1n) is 7.97. The number of hydrogen-bond donors (Lipinski definition) is 2. The summed E-state index contributed by atoms with van der Waals surface area (Å²) in [5.74, 6) is -0.705. The molecule has 25 heavy (non-hydrogen) atoms. The second-order valence-electron chi connectivity index (χ2n) is 6.28. The van der Waals surface area contributed by atoms with E-state index in [0.717, 1.165) is 10.5 Å². The van der Waals surface area contributed by atoms with E-state index in [4.69, 9.17) is 9.84 Å². The van der Waals surface area contributed by atoms with Crippen LogP contribution < -0.4 is 10.1 Å². The molecule has 2 N–H and O–H groups in total. The fourth-order valence-electron chi connectivity index (χ4n) is 2.58. The van der Waals surface area contributed by atoms with Gasteiger partial charge in [0.25, 0.3) is 5.91 Å². The third-order valence-electron chi connectivity index (χ3n) is 3.96. The van der Waals surface area contributed by atoms with Crippen molar-refractivity contribution < 1.29 is 24.2 Å². The molecular formula is C18H22N2O5. The van der Waals surface area contributed by atoms with E-state index in [1.54, 1.807) is 31.2 Å². The summed E-state index contributed by atoms with van der Waals surface area (Å²) >= 11 is 0. The Bertz CT molecular complexity index is 698. The van der Waals surface area contributed by atoms with Gasteiger partial charge in [0, 0.05) is 13.0 Å². The molecule has 1 atom stereocenters. The first-order valence-corrected chi connectivity index (χ1v) is 7.97. The number of carbonyl (C=O) groups excluding carboxylic acids is 2. The molecule has 0 spiro atoms. The van der Waals surface area contributed by atoms with Gasteiger partial charge in [-0.2, -0.15) is 0 Å². The Morgan fingerprint density at radius 3 is 2.52 bits per heavy atom. The lowest BCUT2D eigenvalue weighted by Crippen LogP contribution is -2.41. The van der Waals surface area contributed by atoms with E-state index in [9.17, 15) is 14.4 Å². The van der Waals surface area contributed by atoms with Crippen LogP contribution in [-0.2, 0) is 15.1 Å². The fraction of sp³-hybridized carbons (Fsp3) is 0.389. The summed E-state index contributed by atoms with van der Waals surface area (Å²) in [6.45, 7) is 7.74. The highest BCUT2D eigenvalue weighted by molar-refractivity contribution is 6.07. The summed E-state index contributed by atoms with van der Waals surface area (Å²) in [5, 5.41) is 11.4. The lowest BCUT2D eigenvalue weighted by Gasteiger charge is -2.22.